The molecule has 1 aliphatic rings. The van der Waals surface area contributed by atoms with Crippen molar-refractivity contribution in [3.05, 3.63) is 47.7 Å². The third-order valence-corrected chi connectivity index (χ3v) is 3.77. The van der Waals surface area contributed by atoms with Crippen LogP contribution >= 0.6 is 0 Å². The van der Waals surface area contributed by atoms with Gasteiger partial charge in [-0.1, -0.05) is 18.2 Å². The molecule has 0 bridgehead atoms. The molecule has 98 valence electrons. The molecule has 4 heteroatoms. The monoisotopic (exact) mass is 262 g/mol. The predicted octanol–water partition coefficient (Wildman–Crippen LogP) is 3.33. The summed E-state index contributed by atoms with van der Waals surface area (Å²) in [7, 11) is 0. The summed E-state index contributed by atoms with van der Waals surface area (Å²) >= 11 is 0. The standard InChI is InChI=1S/C16H14N4/c17-11-5-3-4-10-8-9-14(18-15(10)11)16-19-12-6-1-2-7-13(12)20-16/h1-2,6-9,17H,3-5H2,(H,19,20). The fourth-order valence-electron chi connectivity index (χ4n) is 2.73. The predicted molar refractivity (Wildman–Crippen MR) is 79.1 cm³/mol. The number of pyridine rings is 1. The zero-order valence-electron chi connectivity index (χ0n) is 11.0. The van der Waals surface area contributed by atoms with Crippen molar-refractivity contribution in [2.75, 3.05) is 0 Å². The number of H-pyrrole nitrogens is 1. The van der Waals surface area contributed by atoms with E-state index in [0.717, 1.165) is 47.5 Å². The summed E-state index contributed by atoms with van der Waals surface area (Å²) in [5.41, 5.74) is 5.43. The minimum atomic E-state index is 0.643. The maximum atomic E-state index is 8.04. The highest BCUT2D eigenvalue weighted by atomic mass is 15.0. The van der Waals surface area contributed by atoms with Crippen molar-refractivity contribution in [2.45, 2.75) is 19.3 Å². The third-order valence-electron chi connectivity index (χ3n) is 3.77. The topological polar surface area (TPSA) is 65.4 Å². The van der Waals surface area contributed by atoms with Gasteiger partial charge in [-0.3, -0.25) is 0 Å². The molecule has 0 aliphatic heterocycles. The Kier molecular flexibility index (Phi) is 2.42. The second kappa shape index (κ2) is 4.27. The molecule has 4 nitrogen and oxygen atoms in total. The Hall–Kier alpha value is -2.49. The van der Waals surface area contributed by atoms with Crippen LogP contribution in [0.3, 0.4) is 0 Å². The second-order valence-corrected chi connectivity index (χ2v) is 5.14. The Bertz CT molecular complexity index is 783. The Balaban J connectivity index is 1.86. The highest BCUT2D eigenvalue weighted by Crippen LogP contribution is 2.24. The molecule has 20 heavy (non-hydrogen) atoms. The lowest BCUT2D eigenvalue weighted by molar-refractivity contribution is 0.823. The van der Waals surface area contributed by atoms with Gasteiger partial charge >= 0.3 is 0 Å². The summed E-state index contributed by atoms with van der Waals surface area (Å²) in [5.74, 6) is 0.771. The van der Waals surface area contributed by atoms with E-state index in [1.807, 2.05) is 30.3 Å². The van der Waals surface area contributed by atoms with Crippen LogP contribution < -0.4 is 0 Å². The SMILES string of the molecule is N=C1CCCc2ccc(-c3nc4ccccc4[nH]3)nc21. The Morgan fingerprint density at radius 2 is 1.90 bits per heavy atom. The quantitative estimate of drug-likeness (QED) is 0.706. The number of hydrogen-bond donors (Lipinski definition) is 2. The van der Waals surface area contributed by atoms with Crippen LogP contribution in [0.2, 0.25) is 0 Å². The first-order chi connectivity index (χ1) is 9.81. The van der Waals surface area contributed by atoms with Crippen molar-refractivity contribution in [3.63, 3.8) is 0 Å². The van der Waals surface area contributed by atoms with Gasteiger partial charge in [0, 0.05) is 0 Å². The van der Waals surface area contributed by atoms with Gasteiger partial charge in [0.15, 0.2) is 5.82 Å². The van der Waals surface area contributed by atoms with Gasteiger partial charge in [-0.15, -0.1) is 0 Å². The van der Waals surface area contributed by atoms with E-state index in [4.69, 9.17) is 5.41 Å². The van der Waals surface area contributed by atoms with E-state index in [0.29, 0.717) is 5.71 Å². The lowest BCUT2D eigenvalue weighted by Gasteiger charge is -2.15. The number of rotatable bonds is 1. The number of fused-ring (bicyclic) bond motifs is 2. The maximum absolute atomic E-state index is 8.04. The average Bonchev–Trinajstić information content (AvgIpc) is 2.91. The fraction of sp³-hybridized carbons (Fsp3) is 0.188. The van der Waals surface area contributed by atoms with E-state index in [1.165, 1.54) is 5.56 Å². The van der Waals surface area contributed by atoms with E-state index < -0.39 is 0 Å². The first kappa shape index (κ1) is 11.3. The number of aromatic amines is 1. The summed E-state index contributed by atoms with van der Waals surface area (Å²) in [6.07, 6.45) is 2.90. The van der Waals surface area contributed by atoms with E-state index in [1.54, 1.807) is 0 Å². The molecule has 0 amide bonds. The van der Waals surface area contributed by atoms with E-state index in [9.17, 15) is 0 Å². The summed E-state index contributed by atoms with van der Waals surface area (Å²) in [4.78, 5) is 12.5. The highest BCUT2D eigenvalue weighted by Gasteiger charge is 2.17. The molecule has 0 saturated heterocycles. The van der Waals surface area contributed by atoms with Crippen molar-refractivity contribution in [1.82, 2.24) is 15.0 Å². The molecule has 0 atom stereocenters. The number of nitrogens with zero attached hydrogens (tertiary/aromatic N) is 2. The fourth-order valence-corrected chi connectivity index (χ4v) is 2.73. The number of para-hydroxylation sites is 2. The van der Waals surface area contributed by atoms with Crippen LogP contribution in [0.15, 0.2) is 36.4 Å². The summed E-state index contributed by atoms with van der Waals surface area (Å²) in [6.45, 7) is 0. The molecule has 2 aromatic heterocycles. The van der Waals surface area contributed by atoms with Gasteiger partial charge in [0.1, 0.15) is 5.69 Å². The van der Waals surface area contributed by atoms with Crippen molar-refractivity contribution in [1.29, 1.82) is 5.41 Å². The molecule has 0 spiro atoms. The first-order valence-corrected chi connectivity index (χ1v) is 6.84. The zero-order chi connectivity index (χ0) is 13.5. The Labute approximate surface area is 116 Å². The lowest BCUT2D eigenvalue weighted by Crippen LogP contribution is -2.13. The lowest BCUT2D eigenvalue weighted by atomic mass is 9.94. The average molecular weight is 262 g/mol. The van der Waals surface area contributed by atoms with Gasteiger partial charge in [-0.25, -0.2) is 9.97 Å². The van der Waals surface area contributed by atoms with Crippen LogP contribution in [0.1, 0.15) is 24.1 Å². The molecule has 1 aromatic carbocycles. The zero-order valence-corrected chi connectivity index (χ0v) is 11.0. The maximum Gasteiger partial charge on any atom is 0.157 e. The first-order valence-electron chi connectivity index (χ1n) is 6.84. The van der Waals surface area contributed by atoms with Gasteiger partial charge < -0.3 is 10.4 Å². The molecular formula is C16H14N4. The number of aromatic nitrogens is 3. The number of benzene rings is 1. The van der Waals surface area contributed by atoms with Crippen molar-refractivity contribution in [2.24, 2.45) is 0 Å². The number of imidazole rings is 1. The molecule has 0 unspecified atom stereocenters. The smallest absolute Gasteiger partial charge is 0.157 e. The van der Waals surface area contributed by atoms with Gasteiger partial charge in [0.25, 0.3) is 0 Å². The summed E-state index contributed by atoms with van der Waals surface area (Å²) < 4.78 is 0. The van der Waals surface area contributed by atoms with Crippen molar-refractivity contribution in [3.8, 4) is 11.5 Å². The summed E-state index contributed by atoms with van der Waals surface area (Å²) in [5, 5.41) is 8.04. The molecule has 2 heterocycles. The van der Waals surface area contributed by atoms with Crippen LogP contribution in [0.5, 0.6) is 0 Å². The minimum Gasteiger partial charge on any atom is -0.337 e. The molecular weight excluding hydrogens is 248 g/mol. The Morgan fingerprint density at radius 3 is 2.80 bits per heavy atom. The molecule has 0 saturated carbocycles. The van der Waals surface area contributed by atoms with Gasteiger partial charge in [0.2, 0.25) is 0 Å². The molecule has 0 radical (unpaired) electrons. The van der Waals surface area contributed by atoms with Crippen LogP contribution in [-0.2, 0) is 6.42 Å². The van der Waals surface area contributed by atoms with E-state index in [-0.39, 0.29) is 0 Å². The Morgan fingerprint density at radius 1 is 1.00 bits per heavy atom. The molecule has 1 aliphatic carbocycles. The van der Waals surface area contributed by atoms with Crippen LogP contribution in [0, 0.1) is 5.41 Å². The van der Waals surface area contributed by atoms with Crippen LogP contribution in [0.25, 0.3) is 22.6 Å². The van der Waals surface area contributed by atoms with Crippen LogP contribution in [0.4, 0.5) is 0 Å². The highest BCUT2D eigenvalue weighted by molar-refractivity contribution is 5.99. The van der Waals surface area contributed by atoms with E-state index >= 15 is 0 Å². The number of aryl methyl sites for hydroxylation is 1. The third kappa shape index (κ3) is 1.72. The van der Waals surface area contributed by atoms with Gasteiger partial charge in [0.05, 0.1) is 22.4 Å². The molecule has 3 aromatic rings. The number of nitrogens with one attached hydrogen (secondary N) is 2. The molecule has 0 fully saturated rings. The minimum absolute atomic E-state index is 0.643. The second-order valence-electron chi connectivity index (χ2n) is 5.14. The normalized spacial score (nSPS) is 14.5. The van der Waals surface area contributed by atoms with Gasteiger partial charge in [-0.05, 0) is 43.0 Å². The number of hydrogen-bond acceptors (Lipinski definition) is 3. The largest absolute Gasteiger partial charge is 0.337 e. The molecule has 4 rings (SSSR count). The van der Waals surface area contributed by atoms with Crippen molar-refractivity contribution < 1.29 is 0 Å². The van der Waals surface area contributed by atoms with Gasteiger partial charge in [-0.2, -0.15) is 0 Å². The molecule has 2 N–H and O–H groups in total. The van der Waals surface area contributed by atoms with Crippen LogP contribution in [-0.4, -0.2) is 20.7 Å². The van der Waals surface area contributed by atoms with E-state index in [2.05, 4.69) is 21.0 Å². The van der Waals surface area contributed by atoms with Crippen molar-refractivity contribution >= 4 is 16.7 Å². The summed E-state index contributed by atoms with van der Waals surface area (Å²) in [6, 6.07) is 12.0.